The van der Waals surface area contributed by atoms with E-state index >= 15 is 0 Å². The van der Waals surface area contributed by atoms with E-state index in [-0.39, 0.29) is 0 Å². The molecule has 0 spiro atoms. The standard InChI is InChI=1S/C16H18FN3O/c1-16(2,17)11-5-3-7-13(9-11)19-15(21)20-14-8-4-6-12(18)10-14/h3-10H,18H2,1-2H3,(H2,19,20,21). The molecule has 0 atom stereocenters. The van der Waals surface area contributed by atoms with Gasteiger partial charge in [-0.15, -0.1) is 0 Å². The number of anilines is 3. The van der Waals surface area contributed by atoms with Gasteiger partial charge in [-0.2, -0.15) is 0 Å². The van der Waals surface area contributed by atoms with Gasteiger partial charge in [0.05, 0.1) is 0 Å². The third kappa shape index (κ3) is 4.21. The van der Waals surface area contributed by atoms with Crippen LogP contribution in [-0.2, 0) is 5.67 Å². The van der Waals surface area contributed by atoms with Crippen LogP contribution in [0.1, 0.15) is 19.4 Å². The Balaban J connectivity index is 2.06. The van der Waals surface area contributed by atoms with Crippen LogP contribution in [0.25, 0.3) is 0 Å². The molecule has 5 heteroatoms. The van der Waals surface area contributed by atoms with Crippen molar-refractivity contribution < 1.29 is 9.18 Å². The molecule has 0 aliphatic heterocycles. The molecule has 0 saturated heterocycles. The molecule has 0 fully saturated rings. The van der Waals surface area contributed by atoms with Crippen molar-refractivity contribution in [3.8, 4) is 0 Å². The van der Waals surface area contributed by atoms with E-state index < -0.39 is 11.7 Å². The van der Waals surface area contributed by atoms with Gasteiger partial charge in [-0.25, -0.2) is 9.18 Å². The number of rotatable bonds is 3. The molecule has 0 unspecified atom stereocenters. The Morgan fingerprint density at radius 2 is 1.62 bits per heavy atom. The predicted molar refractivity (Wildman–Crippen MR) is 84.1 cm³/mol. The largest absolute Gasteiger partial charge is 0.399 e. The van der Waals surface area contributed by atoms with Crippen LogP contribution in [0.15, 0.2) is 48.5 Å². The van der Waals surface area contributed by atoms with Crippen molar-refractivity contribution >= 4 is 23.1 Å². The van der Waals surface area contributed by atoms with E-state index in [1.165, 1.54) is 13.8 Å². The molecule has 0 heterocycles. The summed E-state index contributed by atoms with van der Waals surface area (Å²) in [4.78, 5) is 11.9. The maximum Gasteiger partial charge on any atom is 0.323 e. The highest BCUT2D eigenvalue weighted by atomic mass is 19.1. The summed E-state index contributed by atoms with van der Waals surface area (Å²) in [7, 11) is 0. The van der Waals surface area contributed by atoms with Crippen LogP contribution in [0.3, 0.4) is 0 Å². The molecule has 0 saturated carbocycles. The van der Waals surface area contributed by atoms with Gasteiger partial charge in [0.2, 0.25) is 0 Å². The lowest BCUT2D eigenvalue weighted by atomic mass is 10.00. The zero-order chi connectivity index (χ0) is 15.5. The Kier molecular flexibility index (Phi) is 4.12. The van der Waals surface area contributed by atoms with Gasteiger partial charge in [-0.05, 0) is 49.7 Å². The number of urea groups is 1. The molecule has 110 valence electrons. The lowest BCUT2D eigenvalue weighted by molar-refractivity contribution is 0.221. The van der Waals surface area contributed by atoms with Gasteiger partial charge in [0, 0.05) is 17.1 Å². The molecule has 0 bridgehead atoms. The second kappa shape index (κ2) is 5.83. The molecule has 0 aromatic heterocycles. The first kappa shape index (κ1) is 14.8. The van der Waals surface area contributed by atoms with Crippen molar-refractivity contribution in [3.63, 3.8) is 0 Å². The molecule has 2 aromatic carbocycles. The van der Waals surface area contributed by atoms with E-state index in [0.29, 0.717) is 22.6 Å². The van der Waals surface area contributed by atoms with Crippen LogP contribution in [0, 0.1) is 0 Å². The van der Waals surface area contributed by atoms with Crippen LogP contribution in [-0.4, -0.2) is 6.03 Å². The molecule has 2 rings (SSSR count). The average Bonchev–Trinajstić information content (AvgIpc) is 2.37. The summed E-state index contributed by atoms with van der Waals surface area (Å²) < 4.78 is 13.9. The van der Waals surface area contributed by atoms with Gasteiger partial charge >= 0.3 is 6.03 Å². The number of carbonyl (C=O) groups excluding carboxylic acids is 1. The first-order valence-corrected chi connectivity index (χ1v) is 6.57. The van der Waals surface area contributed by atoms with Crippen LogP contribution in [0.5, 0.6) is 0 Å². The van der Waals surface area contributed by atoms with Crippen molar-refractivity contribution in [2.45, 2.75) is 19.5 Å². The zero-order valence-corrected chi connectivity index (χ0v) is 12.0. The summed E-state index contributed by atoms with van der Waals surface area (Å²) in [6.45, 7) is 2.94. The van der Waals surface area contributed by atoms with Gasteiger partial charge < -0.3 is 16.4 Å². The van der Waals surface area contributed by atoms with Crippen LogP contribution >= 0.6 is 0 Å². The summed E-state index contributed by atoms with van der Waals surface area (Å²) in [5.41, 5.74) is 6.37. The fourth-order valence-electron chi connectivity index (χ4n) is 1.88. The van der Waals surface area contributed by atoms with Gasteiger partial charge in [0.15, 0.2) is 0 Å². The van der Waals surface area contributed by atoms with E-state index in [4.69, 9.17) is 5.73 Å². The van der Waals surface area contributed by atoms with Gasteiger partial charge in [0.1, 0.15) is 5.67 Å². The van der Waals surface area contributed by atoms with Crippen LogP contribution < -0.4 is 16.4 Å². The van der Waals surface area contributed by atoms with Gasteiger partial charge in [-0.3, -0.25) is 0 Å². The SMILES string of the molecule is CC(C)(F)c1cccc(NC(=O)Nc2cccc(N)c2)c1. The van der Waals surface area contributed by atoms with Crippen LogP contribution in [0.2, 0.25) is 0 Å². The van der Waals surface area contributed by atoms with Crippen molar-refractivity contribution in [1.29, 1.82) is 0 Å². The summed E-state index contributed by atoms with van der Waals surface area (Å²) in [6, 6.07) is 13.2. The lowest BCUT2D eigenvalue weighted by Gasteiger charge is -2.16. The number of halogens is 1. The number of benzene rings is 2. The Hall–Kier alpha value is -2.56. The highest BCUT2D eigenvalue weighted by Gasteiger charge is 2.18. The van der Waals surface area contributed by atoms with E-state index in [0.717, 1.165) is 0 Å². The third-order valence-electron chi connectivity index (χ3n) is 2.95. The van der Waals surface area contributed by atoms with Crippen molar-refractivity contribution in [2.24, 2.45) is 0 Å². The normalized spacial score (nSPS) is 11.0. The Bertz CT molecular complexity index is 650. The minimum absolute atomic E-state index is 0.408. The second-order valence-electron chi connectivity index (χ2n) is 5.26. The lowest BCUT2D eigenvalue weighted by Crippen LogP contribution is -2.20. The van der Waals surface area contributed by atoms with Gasteiger partial charge in [0.25, 0.3) is 0 Å². The van der Waals surface area contributed by atoms with Crippen LogP contribution in [0.4, 0.5) is 26.2 Å². The maximum atomic E-state index is 13.9. The fourth-order valence-corrected chi connectivity index (χ4v) is 1.88. The minimum Gasteiger partial charge on any atom is -0.399 e. The molecule has 2 amide bonds. The first-order chi connectivity index (χ1) is 9.84. The number of amides is 2. The average molecular weight is 287 g/mol. The number of carbonyl (C=O) groups is 1. The number of nitrogen functional groups attached to an aromatic ring is 1. The number of nitrogens with one attached hydrogen (secondary N) is 2. The van der Waals surface area contributed by atoms with Crippen molar-refractivity contribution in [1.82, 2.24) is 0 Å². The number of hydrogen-bond acceptors (Lipinski definition) is 2. The van der Waals surface area contributed by atoms with E-state index in [1.54, 1.807) is 48.5 Å². The minimum atomic E-state index is -1.46. The number of hydrogen-bond donors (Lipinski definition) is 3. The highest BCUT2D eigenvalue weighted by molar-refractivity contribution is 6.00. The van der Waals surface area contributed by atoms with E-state index in [2.05, 4.69) is 10.6 Å². The highest BCUT2D eigenvalue weighted by Crippen LogP contribution is 2.26. The van der Waals surface area contributed by atoms with Gasteiger partial charge in [-0.1, -0.05) is 18.2 Å². The predicted octanol–water partition coefficient (Wildman–Crippen LogP) is 4.12. The molecular weight excluding hydrogens is 269 g/mol. The molecule has 2 aromatic rings. The van der Waals surface area contributed by atoms with Crippen molar-refractivity contribution in [3.05, 3.63) is 54.1 Å². The fraction of sp³-hybridized carbons (Fsp3) is 0.188. The Labute approximate surface area is 123 Å². The number of nitrogens with two attached hydrogens (primary N) is 1. The Morgan fingerprint density at radius 1 is 1.05 bits per heavy atom. The smallest absolute Gasteiger partial charge is 0.323 e. The molecule has 4 nitrogen and oxygen atoms in total. The summed E-state index contributed by atoms with van der Waals surface area (Å²) in [5.74, 6) is 0. The molecule has 4 N–H and O–H groups in total. The van der Waals surface area contributed by atoms with Crippen molar-refractivity contribution in [2.75, 3.05) is 16.4 Å². The monoisotopic (exact) mass is 287 g/mol. The molecule has 0 aliphatic carbocycles. The second-order valence-corrected chi connectivity index (χ2v) is 5.26. The molecule has 0 radical (unpaired) electrons. The molecule has 0 aliphatic rings. The molecular formula is C16H18FN3O. The summed E-state index contributed by atoms with van der Waals surface area (Å²) >= 11 is 0. The first-order valence-electron chi connectivity index (χ1n) is 6.57. The zero-order valence-electron chi connectivity index (χ0n) is 12.0. The van der Waals surface area contributed by atoms with E-state index in [1.807, 2.05) is 0 Å². The molecule has 21 heavy (non-hydrogen) atoms. The summed E-state index contributed by atoms with van der Waals surface area (Å²) in [6.07, 6.45) is 0. The topological polar surface area (TPSA) is 67.2 Å². The summed E-state index contributed by atoms with van der Waals surface area (Å²) in [5, 5.41) is 5.33. The maximum absolute atomic E-state index is 13.9. The van der Waals surface area contributed by atoms with E-state index in [9.17, 15) is 9.18 Å². The Morgan fingerprint density at radius 3 is 2.19 bits per heavy atom. The number of alkyl halides is 1. The third-order valence-corrected chi connectivity index (χ3v) is 2.95. The quantitative estimate of drug-likeness (QED) is 0.743.